The molecule has 0 spiro atoms. The number of nitrogens with zero attached hydrogens (tertiary/aromatic N) is 3. The first-order chi connectivity index (χ1) is 12.8. The number of nitrogens with one attached hydrogen (secondary N) is 1. The molecular formula is C20H20N4O2. The summed E-state index contributed by atoms with van der Waals surface area (Å²) in [5, 5.41) is 2.99. The number of carbonyl (C=O) groups is 1. The van der Waals surface area contributed by atoms with Gasteiger partial charge in [0.2, 0.25) is 0 Å². The van der Waals surface area contributed by atoms with E-state index in [1.807, 2.05) is 47.4 Å². The molecule has 26 heavy (non-hydrogen) atoms. The lowest BCUT2D eigenvalue weighted by molar-refractivity contribution is 0.182. The molecule has 0 saturated heterocycles. The van der Waals surface area contributed by atoms with E-state index in [1.54, 1.807) is 19.5 Å². The fourth-order valence-corrected chi connectivity index (χ4v) is 3.37. The summed E-state index contributed by atoms with van der Waals surface area (Å²) in [6.45, 7) is 1.41. The second-order valence-corrected chi connectivity index (χ2v) is 6.16. The summed E-state index contributed by atoms with van der Waals surface area (Å²) >= 11 is 0. The number of hydrogen-bond donors (Lipinski definition) is 1. The molecule has 1 N–H and O–H groups in total. The fraction of sp³-hybridized carbons (Fsp3) is 0.200. The van der Waals surface area contributed by atoms with Crippen LogP contribution in [0.3, 0.4) is 0 Å². The van der Waals surface area contributed by atoms with E-state index in [9.17, 15) is 4.79 Å². The van der Waals surface area contributed by atoms with Crippen LogP contribution >= 0.6 is 0 Å². The second kappa shape index (κ2) is 6.92. The molecule has 1 aliphatic heterocycles. The minimum absolute atomic E-state index is 0.121. The van der Waals surface area contributed by atoms with Gasteiger partial charge in [-0.1, -0.05) is 0 Å². The first kappa shape index (κ1) is 16.2. The van der Waals surface area contributed by atoms with Crippen molar-refractivity contribution in [2.45, 2.75) is 12.6 Å². The van der Waals surface area contributed by atoms with E-state index in [0.29, 0.717) is 6.54 Å². The van der Waals surface area contributed by atoms with Gasteiger partial charge in [-0.2, -0.15) is 0 Å². The van der Waals surface area contributed by atoms with E-state index in [2.05, 4.69) is 27.1 Å². The zero-order valence-electron chi connectivity index (χ0n) is 14.5. The van der Waals surface area contributed by atoms with Gasteiger partial charge in [-0.25, -0.2) is 4.79 Å². The lowest BCUT2D eigenvalue weighted by Crippen LogP contribution is -2.44. The predicted molar refractivity (Wildman–Crippen MR) is 99.2 cm³/mol. The summed E-state index contributed by atoms with van der Waals surface area (Å²) in [6.07, 6.45) is 5.58. The molecule has 0 radical (unpaired) electrons. The van der Waals surface area contributed by atoms with Crippen molar-refractivity contribution in [2.75, 3.05) is 19.0 Å². The summed E-state index contributed by atoms with van der Waals surface area (Å²) in [5.74, 6) is 0.758. The number of aromatic nitrogens is 2. The highest BCUT2D eigenvalue weighted by Crippen LogP contribution is 2.32. The molecule has 0 aliphatic carbocycles. The number of fused-ring (bicyclic) bond motifs is 1. The van der Waals surface area contributed by atoms with Gasteiger partial charge in [0.15, 0.2) is 0 Å². The Balaban J connectivity index is 1.62. The molecule has 0 fully saturated rings. The minimum atomic E-state index is -0.139. The summed E-state index contributed by atoms with van der Waals surface area (Å²) in [6, 6.07) is 15.1. The van der Waals surface area contributed by atoms with Crippen LogP contribution in [0.25, 0.3) is 0 Å². The number of ether oxygens (including phenoxy) is 1. The second-order valence-electron chi connectivity index (χ2n) is 6.16. The lowest BCUT2D eigenvalue weighted by atomic mass is 10.0. The lowest BCUT2D eigenvalue weighted by Gasteiger charge is -2.37. The Hall–Kier alpha value is -3.28. The quantitative estimate of drug-likeness (QED) is 0.788. The van der Waals surface area contributed by atoms with E-state index in [0.717, 1.165) is 29.2 Å². The zero-order chi connectivity index (χ0) is 17.9. The van der Waals surface area contributed by atoms with Crippen molar-refractivity contribution in [3.8, 4) is 5.75 Å². The molecular weight excluding hydrogens is 328 g/mol. The summed E-state index contributed by atoms with van der Waals surface area (Å²) in [7, 11) is 1.62. The molecule has 132 valence electrons. The summed E-state index contributed by atoms with van der Waals surface area (Å²) in [5.41, 5.74) is 2.89. The molecule has 4 rings (SSSR count). The molecule has 6 heteroatoms. The van der Waals surface area contributed by atoms with Crippen molar-refractivity contribution in [1.29, 1.82) is 0 Å². The van der Waals surface area contributed by atoms with Crippen LogP contribution in [0.15, 0.2) is 67.1 Å². The first-order valence-electron chi connectivity index (χ1n) is 8.53. The Morgan fingerprint density at radius 2 is 1.88 bits per heavy atom. The topological polar surface area (TPSA) is 59.4 Å². The van der Waals surface area contributed by atoms with Crippen LogP contribution in [0.1, 0.15) is 17.3 Å². The molecule has 0 bridgehead atoms. The number of carbonyl (C=O) groups excluding carboxylic acids is 1. The Bertz CT molecular complexity index is 890. The highest BCUT2D eigenvalue weighted by Gasteiger charge is 2.32. The fourth-order valence-electron chi connectivity index (χ4n) is 3.37. The smallest absolute Gasteiger partial charge is 0.322 e. The van der Waals surface area contributed by atoms with Crippen LogP contribution in [0.4, 0.5) is 10.5 Å². The number of benzene rings is 1. The normalized spacial score (nSPS) is 16.0. The minimum Gasteiger partial charge on any atom is -0.497 e. The van der Waals surface area contributed by atoms with Gasteiger partial charge in [0.05, 0.1) is 13.2 Å². The number of rotatable bonds is 3. The Labute approximate surface area is 152 Å². The SMILES string of the molecule is COc1ccc(NC(=O)N2CCn3cccc3[C@@H]2c2ccncc2)cc1. The number of pyridine rings is 1. The molecule has 3 aromatic rings. The number of urea groups is 1. The van der Waals surface area contributed by atoms with Crippen LogP contribution in [0.2, 0.25) is 0 Å². The van der Waals surface area contributed by atoms with Crippen molar-refractivity contribution in [3.63, 3.8) is 0 Å². The van der Waals surface area contributed by atoms with Gasteiger partial charge in [-0.3, -0.25) is 4.98 Å². The third kappa shape index (κ3) is 3.01. The van der Waals surface area contributed by atoms with Crippen molar-refractivity contribution in [1.82, 2.24) is 14.5 Å². The standard InChI is InChI=1S/C20H20N4O2/c1-26-17-6-4-16(5-7-17)22-20(25)24-14-13-23-12-2-3-18(23)19(24)15-8-10-21-11-9-15/h2-12,19H,13-14H2,1H3,(H,22,25)/t19-/m0/s1. The predicted octanol–water partition coefficient (Wildman–Crippen LogP) is 3.53. The zero-order valence-corrected chi connectivity index (χ0v) is 14.5. The van der Waals surface area contributed by atoms with Gasteiger partial charge < -0.3 is 19.5 Å². The molecule has 0 unspecified atom stereocenters. The van der Waals surface area contributed by atoms with Crippen LogP contribution < -0.4 is 10.1 Å². The van der Waals surface area contributed by atoms with Crippen molar-refractivity contribution >= 4 is 11.7 Å². The maximum absolute atomic E-state index is 13.0. The Kier molecular flexibility index (Phi) is 4.31. The van der Waals surface area contributed by atoms with Crippen molar-refractivity contribution in [2.24, 2.45) is 0 Å². The third-order valence-corrected chi connectivity index (χ3v) is 4.66. The summed E-state index contributed by atoms with van der Waals surface area (Å²) < 4.78 is 7.36. The average molecular weight is 348 g/mol. The molecule has 0 saturated carbocycles. The van der Waals surface area contributed by atoms with E-state index in [4.69, 9.17) is 4.74 Å². The van der Waals surface area contributed by atoms with Gasteiger partial charge >= 0.3 is 6.03 Å². The molecule has 2 aromatic heterocycles. The van der Waals surface area contributed by atoms with Gasteiger partial charge in [0.25, 0.3) is 0 Å². The Morgan fingerprint density at radius 3 is 2.62 bits per heavy atom. The van der Waals surface area contributed by atoms with Crippen LogP contribution in [0, 0.1) is 0 Å². The van der Waals surface area contributed by atoms with E-state index in [-0.39, 0.29) is 12.1 Å². The molecule has 6 nitrogen and oxygen atoms in total. The molecule has 1 atom stereocenters. The van der Waals surface area contributed by atoms with Crippen LogP contribution in [-0.4, -0.2) is 34.1 Å². The Morgan fingerprint density at radius 1 is 1.12 bits per heavy atom. The highest BCUT2D eigenvalue weighted by atomic mass is 16.5. The molecule has 1 aromatic carbocycles. The van der Waals surface area contributed by atoms with E-state index < -0.39 is 0 Å². The molecule has 1 aliphatic rings. The average Bonchev–Trinajstić information content (AvgIpc) is 3.17. The molecule has 2 amide bonds. The van der Waals surface area contributed by atoms with Crippen LogP contribution in [-0.2, 0) is 6.54 Å². The van der Waals surface area contributed by atoms with E-state index in [1.165, 1.54) is 0 Å². The van der Waals surface area contributed by atoms with Gasteiger partial charge in [0.1, 0.15) is 5.75 Å². The molecule has 3 heterocycles. The summed E-state index contributed by atoms with van der Waals surface area (Å²) in [4.78, 5) is 19.0. The van der Waals surface area contributed by atoms with Crippen LogP contribution in [0.5, 0.6) is 5.75 Å². The maximum atomic E-state index is 13.0. The van der Waals surface area contributed by atoms with Gasteiger partial charge in [-0.05, 0) is 54.1 Å². The highest BCUT2D eigenvalue weighted by molar-refractivity contribution is 5.90. The number of anilines is 1. The number of amides is 2. The monoisotopic (exact) mass is 348 g/mol. The number of methoxy groups -OCH3 is 1. The third-order valence-electron chi connectivity index (χ3n) is 4.66. The van der Waals surface area contributed by atoms with Gasteiger partial charge in [0, 0.05) is 43.1 Å². The van der Waals surface area contributed by atoms with Crippen molar-refractivity contribution in [3.05, 3.63) is 78.4 Å². The maximum Gasteiger partial charge on any atom is 0.322 e. The first-order valence-corrected chi connectivity index (χ1v) is 8.53. The van der Waals surface area contributed by atoms with Gasteiger partial charge in [-0.15, -0.1) is 0 Å². The van der Waals surface area contributed by atoms with E-state index >= 15 is 0 Å². The van der Waals surface area contributed by atoms with Crippen molar-refractivity contribution < 1.29 is 9.53 Å². The largest absolute Gasteiger partial charge is 0.497 e. The number of hydrogen-bond acceptors (Lipinski definition) is 3.